The average Bonchev–Trinajstić information content (AvgIpc) is 2.94. The van der Waals surface area contributed by atoms with Crippen molar-refractivity contribution in [2.24, 2.45) is 7.05 Å². The molecule has 2 aliphatic rings. The van der Waals surface area contributed by atoms with E-state index < -0.39 is 0 Å². The molecule has 2 saturated heterocycles. The van der Waals surface area contributed by atoms with Gasteiger partial charge in [0, 0.05) is 45.1 Å². The highest BCUT2D eigenvalue weighted by Crippen LogP contribution is 2.27. The zero-order chi connectivity index (χ0) is 13.9. The molecule has 0 unspecified atom stereocenters. The molecule has 0 aliphatic carbocycles. The highest BCUT2D eigenvalue weighted by atomic mass is 16.5. The first-order chi connectivity index (χ1) is 9.75. The minimum absolute atomic E-state index is 0.187. The Hall–Kier alpha value is -1.36. The highest BCUT2D eigenvalue weighted by Gasteiger charge is 2.31. The van der Waals surface area contributed by atoms with Crippen LogP contribution in [0.25, 0.3) is 0 Å². The first-order valence-corrected chi connectivity index (χ1v) is 7.63. The lowest BCUT2D eigenvalue weighted by molar-refractivity contribution is -0.147. The van der Waals surface area contributed by atoms with Crippen LogP contribution in [0, 0.1) is 0 Å². The third kappa shape index (κ3) is 2.73. The van der Waals surface area contributed by atoms with Gasteiger partial charge in [-0.1, -0.05) is 0 Å². The van der Waals surface area contributed by atoms with Gasteiger partial charge in [0.25, 0.3) is 5.91 Å². The van der Waals surface area contributed by atoms with Crippen molar-refractivity contribution >= 4 is 5.91 Å². The Morgan fingerprint density at radius 2 is 2.10 bits per heavy atom. The summed E-state index contributed by atoms with van der Waals surface area (Å²) < 4.78 is 7.69. The second-order valence-corrected chi connectivity index (χ2v) is 5.85. The van der Waals surface area contributed by atoms with Crippen LogP contribution in [0.5, 0.6) is 0 Å². The van der Waals surface area contributed by atoms with E-state index in [2.05, 4.69) is 9.55 Å². The smallest absolute Gasteiger partial charge is 0.251 e. The van der Waals surface area contributed by atoms with Gasteiger partial charge in [-0.2, -0.15) is 0 Å². The van der Waals surface area contributed by atoms with Gasteiger partial charge in [0.05, 0.1) is 0 Å². The van der Waals surface area contributed by atoms with Gasteiger partial charge in [-0.3, -0.25) is 4.79 Å². The fourth-order valence-corrected chi connectivity index (χ4v) is 3.27. The van der Waals surface area contributed by atoms with Gasteiger partial charge in [0.1, 0.15) is 11.9 Å². The van der Waals surface area contributed by atoms with E-state index in [-0.39, 0.29) is 12.0 Å². The van der Waals surface area contributed by atoms with Crippen molar-refractivity contribution in [3.8, 4) is 0 Å². The number of likely N-dealkylation sites (tertiary alicyclic amines) is 1. The lowest BCUT2D eigenvalue weighted by Gasteiger charge is -2.34. The van der Waals surface area contributed by atoms with Gasteiger partial charge < -0.3 is 14.2 Å². The topological polar surface area (TPSA) is 47.4 Å². The molecule has 20 heavy (non-hydrogen) atoms. The predicted molar refractivity (Wildman–Crippen MR) is 75.4 cm³/mol. The number of nitrogens with zero attached hydrogens (tertiary/aromatic N) is 3. The third-order valence-corrected chi connectivity index (χ3v) is 4.49. The summed E-state index contributed by atoms with van der Waals surface area (Å²) in [6.07, 6.45) is 8.75. The molecule has 2 fully saturated rings. The second kappa shape index (κ2) is 5.95. The number of hydrogen-bond acceptors (Lipinski definition) is 3. The van der Waals surface area contributed by atoms with Crippen LogP contribution in [0.1, 0.15) is 43.8 Å². The van der Waals surface area contributed by atoms with Gasteiger partial charge >= 0.3 is 0 Å². The van der Waals surface area contributed by atoms with E-state index >= 15 is 0 Å². The second-order valence-electron chi connectivity index (χ2n) is 5.85. The molecule has 110 valence electrons. The van der Waals surface area contributed by atoms with Crippen molar-refractivity contribution in [3.63, 3.8) is 0 Å². The summed E-state index contributed by atoms with van der Waals surface area (Å²) in [4.78, 5) is 18.8. The lowest BCUT2D eigenvalue weighted by atomic mass is 9.95. The molecule has 0 spiro atoms. The summed E-state index contributed by atoms with van der Waals surface area (Å²) in [6, 6.07) is 0. The molecule has 0 aromatic carbocycles. The molecule has 0 saturated carbocycles. The maximum absolute atomic E-state index is 12.4. The zero-order valence-electron chi connectivity index (χ0n) is 12.1. The predicted octanol–water partition coefficient (Wildman–Crippen LogP) is 1.70. The Bertz CT molecular complexity index is 457. The first kappa shape index (κ1) is 13.6. The van der Waals surface area contributed by atoms with E-state index in [0.29, 0.717) is 5.92 Å². The van der Waals surface area contributed by atoms with Crippen molar-refractivity contribution in [1.82, 2.24) is 14.5 Å². The van der Waals surface area contributed by atoms with Crippen molar-refractivity contribution in [2.75, 3.05) is 19.7 Å². The van der Waals surface area contributed by atoms with Gasteiger partial charge in [0.2, 0.25) is 0 Å². The number of carbonyl (C=O) groups is 1. The molecule has 5 heteroatoms. The molecule has 1 amide bonds. The summed E-state index contributed by atoms with van der Waals surface area (Å²) >= 11 is 0. The quantitative estimate of drug-likeness (QED) is 0.826. The number of rotatable bonds is 2. The number of aromatic nitrogens is 2. The van der Waals surface area contributed by atoms with Gasteiger partial charge in [-0.15, -0.1) is 0 Å². The van der Waals surface area contributed by atoms with Crippen LogP contribution in [0.4, 0.5) is 0 Å². The Morgan fingerprint density at radius 1 is 1.30 bits per heavy atom. The van der Waals surface area contributed by atoms with E-state index in [1.54, 1.807) is 0 Å². The fourth-order valence-electron chi connectivity index (χ4n) is 3.27. The first-order valence-electron chi connectivity index (χ1n) is 7.63. The van der Waals surface area contributed by atoms with Crippen LogP contribution in [-0.4, -0.2) is 46.2 Å². The number of imidazole rings is 1. The van der Waals surface area contributed by atoms with Gasteiger partial charge in [0.15, 0.2) is 0 Å². The summed E-state index contributed by atoms with van der Waals surface area (Å²) in [5.41, 5.74) is 0. The number of piperidine rings is 1. The summed E-state index contributed by atoms with van der Waals surface area (Å²) in [6.45, 7) is 2.40. The summed E-state index contributed by atoms with van der Waals surface area (Å²) in [5.74, 6) is 1.82. The molecule has 0 radical (unpaired) electrons. The number of carbonyl (C=O) groups excluding carboxylic acids is 1. The summed E-state index contributed by atoms with van der Waals surface area (Å²) in [5, 5.41) is 0. The van der Waals surface area contributed by atoms with Gasteiger partial charge in [-0.05, 0) is 32.1 Å². The fraction of sp³-hybridized carbons (Fsp3) is 0.733. The molecule has 1 aromatic rings. The SMILES string of the molecule is Cn1ccnc1C1CCN(C(=O)[C@@H]2CCCCO2)CC1. The van der Waals surface area contributed by atoms with Crippen LogP contribution in [0.15, 0.2) is 12.4 Å². The minimum atomic E-state index is -0.187. The average molecular weight is 277 g/mol. The van der Waals surface area contributed by atoms with Crippen molar-refractivity contribution < 1.29 is 9.53 Å². The maximum Gasteiger partial charge on any atom is 0.251 e. The Balaban J connectivity index is 1.55. The standard InChI is InChI=1S/C15H23N3O2/c1-17-10-7-16-14(17)12-5-8-18(9-6-12)15(19)13-4-2-3-11-20-13/h7,10,12-13H,2-6,8-9,11H2,1H3/t13-/m0/s1. The van der Waals surface area contributed by atoms with Crippen molar-refractivity contribution in [1.29, 1.82) is 0 Å². The number of hydrogen-bond donors (Lipinski definition) is 0. The molecule has 1 atom stereocenters. The van der Waals surface area contributed by atoms with E-state index in [1.165, 1.54) is 0 Å². The van der Waals surface area contributed by atoms with Gasteiger partial charge in [-0.25, -0.2) is 4.98 Å². The minimum Gasteiger partial charge on any atom is -0.368 e. The lowest BCUT2D eigenvalue weighted by Crippen LogP contribution is -2.45. The molecule has 3 rings (SSSR count). The Morgan fingerprint density at radius 3 is 2.70 bits per heavy atom. The number of amides is 1. The van der Waals surface area contributed by atoms with Crippen LogP contribution in [0.2, 0.25) is 0 Å². The van der Waals surface area contributed by atoms with Crippen LogP contribution in [-0.2, 0) is 16.6 Å². The molecular weight excluding hydrogens is 254 g/mol. The van der Waals surface area contributed by atoms with E-state index in [4.69, 9.17) is 4.74 Å². The monoisotopic (exact) mass is 277 g/mol. The highest BCUT2D eigenvalue weighted by molar-refractivity contribution is 5.81. The molecule has 5 nitrogen and oxygen atoms in total. The number of aryl methyl sites for hydroxylation is 1. The molecule has 3 heterocycles. The Labute approximate surface area is 119 Å². The van der Waals surface area contributed by atoms with E-state index in [1.807, 2.05) is 24.3 Å². The molecule has 1 aromatic heterocycles. The van der Waals surface area contributed by atoms with Crippen LogP contribution < -0.4 is 0 Å². The normalized spacial score (nSPS) is 24.9. The maximum atomic E-state index is 12.4. The van der Waals surface area contributed by atoms with E-state index in [0.717, 1.165) is 57.6 Å². The molecule has 0 bridgehead atoms. The van der Waals surface area contributed by atoms with Crippen LogP contribution in [0.3, 0.4) is 0 Å². The molecule has 2 aliphatic heterocycles. The summed E-state index contributed by atoms with van der Waals surface area (Å²) in [7, 11) is 2.04. The molecular formula is C15H23N3O2. The zero-order valence-corrected chi connectivity index (χ0v) is 12.1. The van der Waals surface area contributed by atoms with E-state index in [9.17, 15) is 4.79 Å². The Kier molecular flexibility index (Phi) is 4.05. The number of ether oxygens (including phenoxy) is 1. The largest absolute Gasteiger partial charge is 0.368 e. The van der Waals surface area contributed by atoms with Crippen LogP contribution >= 0.6 is 0 Å². The third-order valence-electron chi connectivity index (χ3n) is 4.49. The molecule has 0 N–H and O–H groups in total. The van der Waals surface area contributed by atoms with Crippen molar-refractivity contribution in [3.05, 3.63) is 18.2 Å². The van der Waals surface area contributed by atoms with Crippen molar-refractivity contribution in [2.45, 2.75) is 44.1 Å².